The predicted molar refractivity (Wildman–Crippen MR) is 105 cm³/mol. The number of hydrogen-bond donors (Lipinski definition) is 2. The van der Waals surface area contributed by atoms with Crippen LogP contribution in [0.15, 0.2) is 12.2 Å². The molecule has 4 atom stereocenters. The van der Waals surface area contributed by atoms with Crippen molar-refractivity contribution >= 4 is 5.97 Å². The van der Waals surface area contributed by atoms with Crippen LogP contribution in [-0.4, -0.2) is 47.7 Å². The Bertz CT molecular complexity index is 456. The van der Waals surface area contributed by atoms with Crippen LogP contribution in [0.25, 0.3) is 0 Å². The summed E-state index contributed by atoms with van der Waals surface area (Å²) in [5, 5.41) is 20.5. The summed E-state index contributed by atoms with van der Waals surface area (Å²) in [6, 6.07) is 0. The van der Waals surface area contributed by atoms with Gasteiger partial charge in [0.2, 0.25) is 0 Å². The van der Waals surface area contributed by atoms with Crippen LogP contribution in [-0.2, 0) is 14.3 Å². The molecular formula is C22H38O5. The maximum atomic E-state index is 11.4. The van der Waals surface area contributed by atoms with Gasteiger partial charge in [0.05, 0.1) is 24.9 Å². The second-order valence-corrected chi connectivity index (χ2v) is 8.53. The van der Waals surface area contributed by atoms with E-state index in [1.165, 1.54) is 19.3 Å². The monoisotopic (exact) mass is 382 g/mol. The van der Waals surface area contributed by atoms with Crippen molar-refractivity contribution in [3.05, 3.63) is 12.2 Å². The number of esters is 1. The van der Waals surface area contributed by atoms with Gasteiger partial charge >= 0.3 is 5.97 Å². The molecule has 0 bridgehead atoms. The number of rotatable bonds is 11. The van der Waals surface area contributed by atoms with E-state index in [0.717, 1.165) is 38.5 Å². The minimum Gasteiger partial charge on any atom is -0.461 e. The van der Waals surface area contributed by atoms with Crippen LogP contribution >= 0.6 is 0 Å². The average Bonchev–Trinajstić information content (AvgIpc) is 2.63. The first kappa shape index (κ1) is 22.4. The molecule has 0 aromatic rings. The van der Waals surface area contributed by atoms with Crippen molar-refractivity contribution in [3.8, 4) is 0 Å². The highest BCUT2D eigenvalue weighted by Crippen LogP contribution is 2.41. The Kier molecular flexibility index (Phi) is 9.80. The van der Waals surface area contributed by atoms with Gasteiger partial charge in [0.15, 0.2) is 0 Å². The van der Waals surface area contributed by atoms with E-state index in [9.17, 15) is 15.0 Å². The van der Waals surface area contributed by atoms with Gasteiger partial charge in [-0.3, -0.25) is 0 Å². The van der Waals surface area contributed by atoms with Crippen molar-refractivity contribution < 1.29 is 24.5 Å². The number of allylic oxidation sites excluding steroid dienone is 1. The molecule has 27 heavy (non-hydrogen) atoms. The van der Waals surface area contributed by atoms with Crippen LogP contribution in [0.1, 0.15) is 71.6 Å². The lowest BCUT2D eigenvalue weighted by atomic mass is 9.66. The summed E-state index contributed by atoms with van der Waals surface area (Å²) < 4.78 is 10.3. The molecule has 2 rings (SSSR count). The topological polar surface area (TPSA) is 76.0 Å². The van der Waals surface area contributed by atoms with Gasteiger partial charge in [-0.05, 0) is 70.1 Å². The molecule has 2 fully saturated rings. The zero-order chi connectivity index (χ0) is 19.6. The van der Waals surface area contributed by atoms with Gasteiger partial charge in [-0.15, -0.1) is 0 Å². The van der Waals surface area contributed by atoms with Crippen molar-refractivity contribution in [2.75, 3.05) is 13.2 Å². The van der Waals surface area contributed by atoms with Crippen molar-refractivity contribution in [1.29, 1.82) is 0 Å². The third kappa shape index (κ3) is 7.92. The molecule has 0 amide bonds. The normalized spacial score (nSPS) is 27.7. The first-order valence-corrected chi connectivity index (χ1v) is 10.8. The van der Waals surface area contributed by atoms with Gasteiger partial charge in [-0.25, -0.2) is 4.79 Å². The Morgan fingerprint density at radius 1 is 1.19 bits per heavy atom. The number of aliphatic hydroxyl groups excluding tert-OH is 2. The van der Waals surface area contributed by atoms with E-state index in [4.69, 9.17) is 9.47 Å². The fourth-order valence-corrected chi connectivity index (χ4v) is 4.44. The van der Waals surface area contributed by atoms with Crippen LogP contribution in [0, 0.1) is 17.8 Å². The first-order valence-electron chi connectivity index (χ1n) is 10.8. The molecule has 0 radical (unpaired) electrons. The average molecular weight is 383 g/mol. The highest BCUT2D eigenvalue weighted by Gasteiger charge is 2.39. The first-order chi connectivity index (χ1) is 13.0. The van der Waals surface area contributed by atoms with Crippen molar-refractivity contribution in [1.82, 2.24) is 0 Å². The van der Waals surface area contributed by atoms with E-state index >= 15 is 0 Å². The van der Waals surface area contributed by atoms with E-state index in [2.05, 4.69) is 6.08 Å². The van der Waals surface area contributed by atoms with E-state index in [-0.39, 0.29) is 30.9 Å². The molecule has 2 N–H and O–H groups in total. The Hall–Kier alpha value is -0.910. The van der Waals surface area contributed by atoms with Crippen LogP contribution < -0.4 is 0 Å². The molecule has 0 spiro atoms. The molecule has 0 aromatic carbocycles. The maximum absolute atomic E-state index is 11.4. The molecule has 156 valence electrons. The number of hydrogen-bond acceptors (Lipinski definition) is 5. The Labute approximate surface area is 164 Å². The third-order valence-corrected chi connectivity index (χ3v) is 6.04. The SMILES string of the molecule is CC(C)OC(=O)COC/C=C\C[C@H]1C[C@@H](O)[C@@H]1CC[C@H](O)C1CCCCC1. The van der Waals surface area contributed by atoms with Crippen molar-refractivity contribution in [3.63, 3.8) is 0 Å². The molecule has 0 saturated heterocycles. The van der Waals surface area contributed by atoms with Gasteiger partial charge in [0.25, 0.3) is 0 Å². The van der Waals surface area contributed by atoms with Gasteiger partial charge in [-0.2, -0.15) is 0 Å². The van der Waals surface area contributed by atoms with Gasteiger partial charge in [-0.1, -0.05) is 31.4 Å². The number of carbonyl (C=O) groups excluding carboxylic acids is 1. The standard InChI is InChI=1S/C22H38O5/c1-16(2)27-22(25)15-26-13-7-6-10-18-14-21(24)19(18)11-12-20(23)17-8-4-3-5-9-17/h6-7,16-21,23-24H,3-5,8-15H2,1-2H3/b7-6-/t18-,19+,20-,21+/m0/s1. The van der Waals surface area contributed by atoms with Crippen LogP contribution in [0.4, 0.5) is 0 Å². The molecule has 0 heterocycles. The Morgan fingerprint density at radius 3 is 2.59 bits per heavy atom. The van der Waals surface area contributed by atoms with Gasteiger partial charge < -0.3 is 19.7 Å². The zero-order valence-electron chi connectivity index (χ0n) is 17.0. The van der Waals surface area contributed by atoms with E-state index in [0.29, 0.717) is 24.4 Å². The van der Waals surface area contributed by atoms with Crippen LogP contribution in [0.3, 0.4) is 0 Å². The smallest absolute Gasteiger partial charge is 0.332 e. The van der Waals surface area contributed by atoms with Crippen molar-refractivity contribution in [2.24, 2.45) is 17.8 Å². The highest BCUT2D eigenvalue weighted by molar-refractivity contribution is 5.70. The summed E-state index contributed by atoms with van der Waals surface area (Å²) >= 11 is 0. The Morgan fingerprint density at radius 2 is 1.93 bits per heavy atom. The molecular weight excluding hydrogens is 344 g/mol. The lowest BCUT2D eigenvalue weighted by molar-refractivity contribution is -0.152. The molecule has 2 saturated carbocycles. The number of aliphatic hydroxyl groups is 2. The number of ether oxygens (including phenoxy) is 2. The molecule has 0 unspecified atom stereocenters. The fourth-order valence-electron chi connectivity index (χ4n) is 4.44. The summed E-state index contributed by atoms with van der Waals surface area (Å²) in [6.07, 6.45) is 13.1. The van der Waals surface area contributed by atoms with Crippen LogP contribution in [0.2, 0.25) is 0 Å². The minimum atomic E-state index is -0.336. The zero-order valence-corrected chi connectivity index (χ0v) is 17.0. The van der Waals surface area contributed by atoms with Crippen molar-refractivity contribution in [2.45, 2.75) is 89.9 Å². The minimum absolute atomic E-state index is 0.0215. The van der Waals surface area contributed by atoms with Crippen LogP contribution in [0.5, 0.6) is 0 Å². The lowest BCUT2D eigenvalue weighted by Gasteiger charge is -2.42. The van der Waals surface area contributed by atoms with Gasteiger partial charge in [0.1, 0.15) is 6.61 Å². The second-order valence-electron chi connectivity index (χ2n) is 8.53. The van der Waals surface area contributed by atoms with E-state index in [1.54, 1.807) is 0 Å². The summed E-state index contributed by atoms with van der Waals surface area (Å²) in [4.78, 5) is 11.4. The molecule has 5 heteroatoms. The molecule has 0 aliphatic heterocycles. The lowest BCUT2D eigenvalue weighted by Crippen LogP contribution is -2.41. The second kappa shape index (κ2) is 11.8. The largest absolute Gasteiger partial charge is 0.461 e. The Balaban J connectivity index is 1.58. The quantitative estimate of drug-likeness (QED) is 0.324. The summed E-state index contributed by atoms with van der Waals surface area (Å²) in [5.74, 6) is 0.918. The number of carbonyl (C=O) groups is 1. The van der Waals surface area contributed by atoms with Gasteiger partial charge in [0, 0.05) is 0 Å². The highest BCUT2D eigenvalue weighted by atomic mass is 16.6. The molecule has 5 nitrogen and oxygen atoms in total. The molecule has 2 aliphatic rings. The summed E-state index contributed by atoms with van der Waals surface area (Å²) in [7, 11) is 0. The molecule has 2 aliphatic carbocycles. The predicted octanol–water partition coefficient (Wildman–Crippen LogP) is 3.62. The molecule has 0 aromatic heterocycles. The fraction of sp³-hybridized carbons (Fsp3) is 0.864. The van der Waals surface area contributed by atoms with E-state index in [1.807, 2.05) is 19.9 Å². The summed E-state index contributed by atoms with van der Waals surface area (Å²) in [5.41, 5.74) is 0. The third-order valence-electron chi connectivity index (χ3n) is 6.04. The van der Waals surface area contributed by atoms with E-state index < -0.39 is 0 Å². The maximum Gasteiger partial charge on any atom is 0.332 e. The summed E-state index contributed by atoms with van der Waals surface area (Å²) in [6.45, 7) is 4.00.